The molecule has 16 heteroatoms. The normalized spacial score (nSPS) is 12.6. The van der Waals surface area contributed by atoms with Crippen molar-refractivity contribution in [1.82, 2.24) is 21.3 Å². The smallest absolute Gasteiger partial charge is 0.407 e. The van der Waals surface area contributed by atoms with Crippen LogP contribution in [0.5, 0.6) is 0 Å². The molecule has 1 aliphatic carbocycles. The van der Waals surface area contributed by atoms with Crippen molar-refractivity contribution in [3.05, 3.63) is 59.7 Å². The average Bonchev–Trinajstić information content (AvgIpc) is 3.88. The lowest BCUT2D eigenvalue weighted by Gasteiger charge is -2.21. The van der Waals surface area contributed by atoms with Gasteiger partial charge < -0.3 is 40.2 Å². The quantitative estimate of drug-likeness (QED) is 0.0278. The number of thioether (sulfide) groups is 1. The van der Waals surface area contributed by atoms with Crippen molar-refractivity contribution in [2.24, 2.45) is 0 Å². The maximum absolute atomic E-state index is 13.8. The van der Waals surface area contributed by atoms with Crippen molar-refractivity contribution >= 4 is 53.5 Å². The van der Waals surface area contributed by atoms with E-state index < -0.39 is 66.6 Å². The molecule has 0 spiro atoms. The second-order valence-corrected chi connectivity index (χ2v) is 23.3. The van der Waals surface area contributed by atoms with Gasteiger partial charge in [-0.1, -0.05) is 216 Å². The molecule has 0 saturated carbocycles. The van der Waals surface area contributed by atoms with E-state index in [0.717, 1.165) is 60.8 Å². The molecular formula is C63H100N4O11S. The van der Waals surface area contributed by atoms with E-state index in [1.54, 1.807) is 20.8 Å². The van der Waals surface area contributed by atoms with E-state index in [4.69, 9.17) is 18.9 Å². The highest BCUT2D eigenvalue weighted by Gasteiger charge is 2.30. The van der Waals surface area contributed by atoms with E-state index in [0.29, 0.717) is 12.8 Å². The van der Waals surface area contributed by atoms with Crippen LogP contribution < -0.4 is 21.3 Å². The zero-order valence-electron chi connectivity index (χ0n) is 49.0. The van der Waals surface area contributed by atoms with Gasteiger partial charge in [-0.15, -0.1) is 0 Å². The zero-order valence-corrected chi connectivity index (χ0v) is 49.8. The second-order valence-electron chi connectivity index (χ2n) is 22.2. The number of alkyl carbamates (subject to hydrolysis) is 1. The molecule has 4 N–H and O–H groups in total. The van der Waals surface area contributed by atoms with E-state index in [2.05, 4.69) is 35.1 Å². The van der Waals surface area contributed by atoms with Crippen LogP contribution in [0.4, 0.5) is 4.79 Å². The minimum Gasteiger partial charge on any atom is -0.462 e. The third kappa shape index (κ3) is 32.1. The summed E-state index contributed by atoms with van der Waals surface area (Å²) in [5.41, 5.74) is 3.43. The molecule has 2 aromatic carbocycles. The van der Waals surface area contributed by atoms with Crippen LogP contribution in [0.2, 0.25) is 0 Å². The standard InChI is InChI=1S/C63H100N4O11S/c1-6-8-10-12-14-16-18-20-22-24-26-28-30-40-58(70)75-45-49(77-59(71)41-31-29-27-25-23-21-19-17-15-13-11-9-7-2)47-79-48-55(61(73)66-43-57(69)64-42-56(68)65-44-60(72)78-63(3,4)5)67-62(74)76-46-54-52-38-34-32-36-50(52)51-37-33-35-39-53(51)54/h32-39,49,54-55H,6-31,40-48H2,1-5H3,(H,64,69)(H,65,68)(H,66,73)(H,67,74)/t49-,55+/m1/s1. The Balaban J connectivity index is 1.58. The molecule has 0 aliphatic heterocycles. The van der Waals surface area contributed by atoms with Gasteiger partial charge in [0.1, 0.15) is 37.5 Å². The molecule has 2 atom stereocenters. The molecule has 0 saturated heterocycles. The molecule has 0 heterocycles. The molecule has 4 amide bonds. The number of esters is 3. The summed E-state index contributed by atoms with van der Waals surface area (Å²) in [5, 5.41) is 10.00. The summed E-state index contributed by atoms with van der Waals surface area (Å²) < 4.78 is 22.6. The highest BCUT2D eigenvalue weighted by Crippen LogP contribution is 2.44. The number of benzene rings is 2. The SMILES string of the molecule is CCCCCCCCCCCCCCCC(=O)OC[C@H](CSC[C@H](NC(=O)OCC1c2ccccc2-c2ccccc21)C(=O)NCC(=O)NCC(=O)NCC(=O)OC(C)(C)C)OC(=O)CCCCCCCCCCCCCCC. The lowest BCUT2D eigenvalue weighted by atomic mass is 9.98. The van der Waals surface area contributed by atoms with E-state index in [1.165, 1.54) is 127 Å². The van der Waals surface area contributed by atoms with Gasteiger partial charge in [-0.25, -0.2) is 4.79 Å². The van der Waals surface area contributed by atoms with Crippen LogP contribution in [0.3, 0.4) is 0 Å². The Morgan fingerprint density at radius 3 is 1.42 bits per heavy atom. The lowest BCUT2D eigenvalue weighted by molar-refractivity contribution is -0.157. The first-order valence-corrected chi connectivity index (χ1v) is 31.4. The van der Waals surface area contributed by atoms with Gasteiger partial charge in [0, 0.05) is 30.3 Å². The van der Waals surface area contributed by atoms with Gasteiger partial charge in [-0.05, 0) is 55.9 Å². The summed E-state index contributed by atoms with van der Waals surface area (Å²) in [4.78, 5) is 90.8. The first-order valence-electron chi connectivity index (χ1n) is 30.3. The molecule has 15 nitrogen and oxygen atoms in total. The fourth-order valence-corrected chi connectivity index (χ4v) is 10.7. The van der Waals surface area contributed by atoms with Crippen molar-refractivity contribution in [2.75, 3.05) is 44.4 Å². The predicted octanol–water partition coefficient (Wildman–Crippen LogP) is 12.7. The number of unbranched alkanes of at least 4 members (excludes halogenated alkanes) is 24. The van der Waals surface area contributed by atoms with Gasteiger partial charge in [0.15, 0.2) is 0 Å². The third-order valence-electron chi connectivity index (χ3n) is 14.0. The van der Waals surface area contributed by atoms with E-state index in [1.807, 2.05) is 48.5 Å². The number of fused-ring (bicyclic) bond motifs is 3. The largest absolute Gasteiger partial charge is 0.462 e. The highest BCUT2D eigenvalue weighted by atomic mass is 32.2. The third-order valence-corrected chi connectivity index (χ3v) is 15.1. The molecular weight excluding hydrogens is 1020 g/mol. The summed E-state index contributed by atoms with van der Waals surface area (Å²) >= 11 is 1.21. The van der Waals surface area contributed by atoms with Crippen molar-refractivity contribution in [2.45, 2.75) is 238 Å². The number of carbonyl (C=O) groups is 7. The number of carbonyl (C=O) groups excluding carboxylic acids is 7. The van der Waals surface area contributed by atoms with Gasteiger partial charge in [0.05, 0.1) is 13.1 Å². The maximum Gasteiger partial charge on any atom is 0.407 e. The Labute approximate surface area is 478 Å². The summed E-state index contributed by atoms with van der Waals surface area (Å²) in [7, 11) is 0. The van der Waals surface area contributed by atoms with Gasteiger partial charge >= 0.3 is 24.0 Å². The van der Waals surface area contributed by atoms with Gasteiger partial charge in [-0.2, -0.15) is 11.8 Å². The Bertz CT molecular complexity index is 2030. The molecule has 0 radical (unpaired) electrons. The van der Waals surface area contributed by atoms with Crippen LogP contribution in [0.1, 0.15) is 231 Å². The Morgan fingerprint density at radius 2 is 0.937 bits per heavy atom. The van der Waals surface area contributed by atoms with E-state index in [9.17, 15) is 33.6 Å². The van der Waals surface area contributed by atoms with Crippen molar-refractivity contribution in [3.63, 3.8) is 0 Å². The monoisotopic (exact) mass is 1120 g/mol. The van der Waals surface area contributed by atoms with Crippen LogP contribution in [-0.2, 0) is 47.7 Å². The van der Waals surface area contributed by atoms with Crippen LogP contribution >= 0.6 is 11.8 Å². The predicted molar refractivity (Wildman–Crippen MR) is 316 cm³/mol. The van der Waals surface area contributed by atoms with E-state index >= 15 is 0 Å². The molecule has 0 aromatic heterocycles. The molecule has 1 aliphatic rings. The number of ether oxygens (including phenoxy) is 4. The molecule has 2 aromatic rings. The summed E-state index contributed by atoms with van der Waals surface area (Å²) in [6, 6.07) is 14.7. The minimum absolute atomic E-state index is 0.00168. The first kappa shape index (κ1) is 68.2. The number of amides is 4. The van der Waals surface area contributed by atoms with Crippen LogP contribution in [0, 0.1) is 0 Å². The molecule has 444 valence electrons. The first-order chi connectivity index (χ1) is 38.2. The summed E-state index contributed by atoms with van der Waals surface area (Å²) in [6.07, 6.45) is 29.7. The molecule has 0 bridgehead atoms. The van der Waals surface area contributed by atoms with Crippen LogP contribution in [0.15, 0.2) is 48.5 Å². The number of hydrogen-bond acceptors (Lipinski definition) is 12. The Kier molecular flexibility index (Phi) is 36.1. The second kappa shape index (κ2) is 41.8. The highest BCUT2D eigenvalue weighted by molar-refractivity contribution is 7.99. The van der Waals surface area contributed by atoms with Gasteiger partial charge in [0.25, 0.3) is 0 Å². The number of rotatable bonds is 45. The Hall–Kier alpha value is -5.12. The fraction of sp³-hybridized carbons (Fsp3) is 0.698. The van der Waals surface area contributed by atoms with Gasteiger partial charge in [0.2, 0.25) is 17.7 Å². The summed E-state index contributed by atoms with van der Waals surface area (Å²) in [6.45, 7) is 8.07. The minimum atomic E-state index is -1.22. The van der Waals surface area contributed by atoms with Crippen molar-refractivity contribution in [1.29, 1.82) is 0 Å². The van der Waals surface area contributed by atoms with Gasteiger partial charge in [-0.3, -0.25) is 28.8 Å². The maximum atomic E-state index is 13.8. The van der Waals surface area contributed by atoms with E-state index in [-0.39, 0.29) is 56.0 Å². The number of nitrogens with one attached hydrogen (secondary N) is 4. The topological polar surface area (TPSA) is 205 Å². The molecule has 0 fully saturated rings. The molecule has 3 rings (SSSR count). The van der Waals surface area contributed by atoms with Crippen LogP contribution in [-0.4, -0.2) is 104 Å². The summed E-state index contributed by atoms with van der Waals surface area (Å²) in [5.74, 6) is -3.53. The number of hydrogen-bond donors (Lipinski definition) is 4. The Morgan fingerprint density at radius 1 is 0.506 bits per heavy atom. The lowest BCUT2D eigenvalue weighted by Crippen LogP contribution is -2.51. The molecule has 0 unspecified atom stereocenters. The van der Waals surface area contributed by atoms with Crippen LogP contribution in [0.25, 0.3) is 11.1 Å². The average molecular weight is 1120 g/mol. The van der Waals surface area contributed by atoms with Crippen molar-refractivity contribution < 1.29 is 52.5 Å². The zero-order chi connectivity index (χ0) is 57.4. The van der Waals surface area contributed by atoms with Crippen molar-refractivity contribution in [3.8, 4) is 11.1 Å². The fourth-order valence-electron chi connectivity index (χ4n) is 9.62. The molecule has 79 heavy (non-hydrogen) atoms.